The molecule has 1 aromatic heterocycles. The maximum Gasteiger partial charge on any atom is 0.573 e. The number of ether oxygens (including phenoxy) is 2. The summed E-state index contributed by atoms with van der Waals surface area (Å²) < 4.78 is 45.9. The van der Waals surface area contributed by atoms with Crippen LogP contribution in [0.4, 0.5) is 13.2 Å². The SMILES string of the molecule is COc1ccc(C(O)c2ccccc2OC(F)(F)F)cn1. The summed E-state index contributed by atoms with van der Waals surface area (Å²) in [5.74, 6) is -0.112. The molecule has 0 fully saturated rings. The topological polar surface area (TPSA) is 51.6 Å². The Bertz CT molecular complexity index is 599. The molecular formula is C14H12F3NO3. The Kier molecular flexibility index (Phi) is 4.32. The minimum Gasteiger partial charge on any atom is -0.481 e. The van der Waals surface area contributed by atoms with Crippen molar-refractivity contribution in [1.82, 2.24) is 4.98 Å². The van der Waals surface area contributed by atoms with Gasteiger partial charge < -0.3 is 14.6 Å². The zero-order valence-electron chi connectivity index (χ0n) is 11.0. The van der Waals surface area contributed by atoms with E-state index in [1.165, 1.54) is 43.6 Å². The van der Waals surface area contributed by atoms with Crippen LogP contribution in [0.1, 0.15) is 17.2 Å². The molecule has 0 aliphatic heterocycles. The van der Waals surface area contributed by atoms with Crippen molar-refractivity contribution in [2.45, 2.75) is 12.5 Å². The zero-order valence-corrected chi connectivity index (χ0v) is 11.0. The van der Waals surface area contributed by atoms with Gasteiger partial charge in [0.25, 0.3) is 0 Å². The van der Waals surface area contributed by atoms with Gasteiger partial charge >= 0.3 is 6.36 Å². The molecule has 0 spiro atoms. The first-order chi connectivity index (χ1) is 9.90. The van der Waals surface area contributed by atoms with Crippen molar-refractivity contribution in [1.29, 1.82) is 0 Å². The van der Waals surface area contributed by atoms with Gasteiger partial charge in [0.2, 0.25) is 5.88 Å². The van der Waals surface area contributed by atoms with E-state index in [0.717, 1.165) is 6.07 Å². The molecule has 1 heterocycles. The molecule has 2 aromatic rings. The molecule has 112 valence electrons. The van der Waals surface area contributed by atoms with E-state index in [1.807, 2.05) is 0 Å². The summed E-state index contributed by atoms with van der Waals surface area (Å²) in [6.07, 6.45) is -4.79. The smallest absolute Gasteiger partial charge is 0.481 e. The molecule has 0 aliphatic carbocycles. The molecule has 0 amide bonds. The number of pyridine rings is 1. The highest BCUT2D eigenvalue weighted by atomic mass is 19.4. The number of aromatic nitrogens is 1. The first-order valence-electron chi connectivity index (χ1n) is 5.93. The minimum atomic E-state index is -4.83. The van der Waals surface area contributed by atoms with Crippen molar-refractivity contribution in [2.24, 2.45) is 0 Å². The van der Waals surface area contributed by atoms with Crippen LogP contribution in [0.25, 0.3) is 0 Å². The van der Waals surface area contributed by atoms with E-state index in [9.17, 15) is 18.3 Å². The molecule has 0 bridgehead atoms. The quantitative estimate of drug-likeness (QED) is 0.942. The molecule has 1 aromatic carbocycles. The lowest BCUT2D eigenvalue weighted by molar-refractivity contribution is -0.275. The Balaban J connectivity index is 2.31. The van der Waals surface area contributed by atoms with Gasteiger partial charge in [0.05, 0.1) is 7.11 Å². The summed E-state index contributed by atoms with van der Waals surface area (Å²) in [4.78, 5) is 3.90. The van der Waals surface area contributed by atoms with Gasteiger partial charge in [-0.1, -0.05) is 18.2 Å². The fourth-order valence-corrected chi connectivity index (χ4v) is 1.78. The summed E-state index contributed by atoms with van der Waals surface area (Å²) >= 11 is 0. The summed E-state index contributed by atoms with van der Waals surface area (Å²) in [6.45, 7) is 0. The Morgan fingerprint density at radius 3 is 2.43 bits per heavy atom. The number of hydrogen-bond donors (Lipinski definition) is 1. The van der Waals surface area contributed by atoms with Crippen molar-refractivity contribution >= 4 is 0 Å². The highest BCUT2D eigenvalue weighted by Gasteiger charge is 2.32. The first-order valence-corrected chi connectivity index (χ1v) is 5.93. The molecule has 7 heteroatoms. The summed E-state index contributed by atoms with van der Waals surface area (Å²) in [5, 5.41) is 10.2. The van der Waals surface area contributed by atoms with Crippen LogP contribution in [0.2, 0.25) is 0 Å². The molecule has 1 atom stereocenters. The third-order valence-electron chi connectivity index (χ3n) is 2.72. The maximum absolute atomic E-state index is 12.4. The first kappa shape index (κ1) is 15.1. The zero-order chi connectivity index (χ0) is 15.5. The predicted molar refractivity (Wildman–Crippen MR) is 68.0 cm³/mol. The van der Waals surface area contributed by atoms with Gasteiger partial charge in [-0.15, -0.1) is 13.2 Å². The second kappa shape index (κ2) is 6.01. The van der Waals surface area contributed by atoms with E-state index in [0.29, 0.717) is 11.4 Å². The van der Waals surface area contributed by atoms with Gasteiger partial charge in [-0.2, -0.15) is 0 Å². The predicted octanol–water partition coefficient (Wildman–Crippen LogP) is 3.07. The molecule has 1 unspecified atom stereocenters. The van der Waals surface area contributed by atoms with Crippen LogP contribution in [-0.2, 0) is 0 Å². The monoisotopic (exact) mass is 299 g/mol. The molecule has 0 radical (unpaired) electrons. The lowest BCUT2D eigenvalue weighted by Gasteiger charge is -2.17. The number of benzene rings is 1. The van der Waals surface area contributed by atoms with E-state index in [-0.39, 0.29) is 5.56 Å². The van der Waals surface area contributed by atoms with Crippen molar-refractivity contribution in [3.63, 3.8) is 0 Å². The maximum atomic E-state index is 12.4. The average molecular weight is 299 g/mol. The van der Waals surface area contributed by atoms with E-state index < -0.39 is 18.2 Å². The van der Waals surface area contributed by atoms with Gasteiger partial charge in [-0.3, -0.25) is 0 Å². The van der Waals surface area contributed by atoms with Gasteiger partial charge in [0.1, 0.15) is 11.9 Å². The van der Waals surface area contributed by atoms with Gasteiger partial charge in [-0.25, -0.2) is 4.98 Å². The van der Waals surface area contributed by atoms with Crippen LogP contribution < -0.4 is 9.47 Å². The van der Waals surface area contributed by atoms with Crippen molar-refractivity contribution in [3.8, 4) is 11.6 Å². The molecule has 0 saturated carbocycles. The number of rotatable bonds is 4. The second-order valence-electron chi connectivity index (χ2n) is 4.12. The summed E-state index contributed by atoms with van der Waals surface area (Å²) in [5.41, 5.74) is 0.329. The number of halogens is 3. The minimum absolute atomic E-state index is 0.00166. The standard InChI is InChI=1S/C14H12F3NO3/c1-20-12-7-6-9(8-18-12)13(19)10-4-2-3-5-11(10)21-14(15,16)17/h2-8,13,19H,1H3. The summed E-state index contributed by atoms with van der Waals surface area (Å²) in [6, 6.07) is 8.42. The molecule has 1 N–H and O–H groups in total. The largest absolute Gasteiger partial charge is 0.573 e. The normalized spacial score (nSPS) is 12.8. The average Bonchev–Trinajstić information content (AvgIpc) is 2.45. The third-order valence-corrected chi connectivity index (χ3v) is 2.72. The second-order valence-corrected chi connectivity index (χ2v) is 4.12. The Morgan fingerprint density at radius 1 is 1.14 bits per heavy atom. The van der Waals surface area contributed by atoms with E-state index in [1.54, 1.807) is 0 Å². The van der Waals surface area contributed by atoms with Crippen molar-refractivity contribution in [2.75, 3.05) is 7.11 Å². The number of aliphatic hydroxyl groups is 1. The lowest BCUT2D eigenvalue weighted by atomic mass is 10.0. The van der Waals surface area contributed by atoms with E-state index in [4.69, 9.17) is 4.74 Å². The molecular weight excluding hydrogens is 287 g/mol. The number of methoxy groups -OCH3 is 1. The van der Waals surface area contributed by atoms with Crippen molar-refractivity contribution in [3.05, 3.63) is 53.7 Å². The molecule has 0 saturated heterocycles. The highest BCUT2D eigenvalue weighted by Crippen LogP contribution is 2.33. The molecule has 4 nitrogen and oxygen atoms in total. The highest BCUT2D eigenvalue weighted by molar-refractivity contribution is 5.40. The van der Waals surface area contributed by atoms with Crippen LogP contribution in [0.15, 0.2) is 42.6 Å². The number of nitrogens with zero attached hydrogens (tertiary/aromatic N) is 1. The van der Waals surface area contributed by atoms with Crippen LogP contribution in [0, 0.1) is 0 Å². The van der Waals surface area contributed by atoms with Crippen LogP contribution in [0.5, 0.6) is 11.6 Å². The fourth-order valence-electron chi connectivity index (χ4n) is 1.78. The number of alkyl halides is 3. The lowest BCUT2D eigenvalue weighted by Crippen LogP contribution is -2.18. The van der Waals surface area contributed by atoms with Crippen LogP contribution >= 0.6 is 0 Å². The van der Waals surface area contributed by atoms with Crippen LogP contribution in [-0.4, -0.2) is 23.6 Å². The van der Waals surface area contributed by atoms with Gasteiger partial charge in [-0.05, 0) is 12.1 Å². The Labute approximate surface area is 118 Å². The molecule has 2 rings (SSSR count). The molecule has 21 heavy (non-hydrogen) atoms. The van der Waals surface area contributed by atoms with Crippen molar-refractivity contribution < 1.29 is 27.8 Å². The third kappa shape index (κ3) is 3.85. The Morgan fingerprint density at radius 2 is 1.86 bits per heavy atom. The van der Waals surface area contributed by atoms with Gasteiger partial charge in [0.15, 0.2) is 0 Å². The Hall–Kier alpha value is -2.28. The fraction of sp³-hybridized carbons (Fsp3) is 0.214. The summed E-state index contributed by atoms with van der Waals surface area (Å²) in [7, 11) is 1.44. The number of para-hydroxylation sites is 1. The number of aliphatic hydroxyl groups excluding tert-OH is 1. The van der Waals surface area contributed by atoms with E-state index in [2.05, 4.69) is 9.72 Å². The van der Waals surface area contributed by atoms with Crippen LogP contribution in [0.3, 0.4) is 0 Å². The molecule has 0 aliphatic rings. The van der Waals surface area contributed by atoms with Gasteiger partial charge in [0, 0.05) is 23.4 Å². The number of hydrogen-bond acceptors (Lipinski definition) is 4. The van der Waals surface area contributed by atoms with E-state index >= 15 is 0 Å².